The molecule has 3 rings (SSSR count). The molecular formula is C17H12F3N3O3. The highest BCUT2D eigenvalue weighted by atomic mass is 19.4. The number of nitro benzene ring substituents is 1. The minimum Gasteiger partial charge on any atom is -0.406 e. The van der Waals surface area contributed by atoms with Gasteiger partial charge in [0.15, 0.2) is 0 Å². The molecule has 1 aromatic heterocycles. The second-order valence-corrected chi connectivity index (χ2v) is 5.54. The van der Waals surface area contributed by atoms with Crippen molar-refractivity contribution >= 4 is 22.1 Å². The monoisotopic (exact) mass is 363 g/mol. The Kier molecular flexibility index (Phi) is 4.15. The van der Waals surface area contributed by atoms with Gasteiger partial charge in [0.25, 0.3) is 0 Å². The smallest absolute Gasteiger partial charge is 0.406 e. The zero-order valence-electron chi connectivity index (χ0n) is 13.4. The fourth-order valence-corrected chi connectivity index (χ4v) is 2.70. The maximum atomic E-state index is 12.3. The van der Waals surface area contributed by atoms with Gasteiger partial charge in [0.1, 0.15) is 11.4 Å². The van der Waals surface area contributed by atoms with Crippen LogP contribution in [0.2, 0.25) is 0 Å². The van der Waals surface area contributed by atoms with Crippen LogP contribution in [-0.4, -0.2) is 16.3 Å². The van der Waals surface area contributed by atoms with Crippen molar-refractivity contribution in [2.45, 2.75) is 13.3 Å². The number of fused-ring (bicyclic) bond motifs is 1. The van der Waals surface area contributed by atoms with Crippen LogP contribution in [0.5, 0.6) is 5.75 Å². The number of nitro groups is 1. The average molecular weight is 363 g/mol. The lowest BCUT2D eigenvalue weighted by atomic mass is 10.0. The molecule has 6 nitrogen and oxygen atoms in total. The Morgan fingerprint density at radius 3 is 2.38 bits per heavy atom. The summed E-state index contributed by atoms with van der Waals surface area (Å²) in [6, 6.07) is 9.70. The van der Waals surface area contributed by atoms with Gasteiger partial charge < -0.3 is 10.5 Å². The predicted molar refractivity (Wildman–Crippen MR) is 89.7 cm³/mol. The Hall–Kier alpha value is -3.36. The van der Waals surface area contributed by atoms with Crippen LogP contribution >= 0.6 is 0 Å². The lowest BCUT2D eigenvalue weighted by Gasteiger charge is -2.11. The topological polar surface area (TPSA) is 91.3 Å². The van der Waals surface area contributed by atoms with Gasteiger partial charge in [-0.1, -0.05) is 6.07 Å². The predicted octanol–water partition coefficient (Wildman–Crippen LogP) is 4.60. The van der Waals surface area contributed by atoms with Crippen LogP contribution in [0.4, 0.5) is 24.5 Å². The normalized spacial score (nSPS) is 11.5. The van der Waals surface area contributed by atoms with E-state index < -0.39 is 17.0 Å². The van der Waals surface area contributed by atoms with Crippen LogP contribution in [0.3, 0.4) is 0 Å². The van der Waals surface area contributed by atoms with Crippen LogP contribution < -0.4 is 10.5 Å². The second kappa shape index (κ2) is 6.17. The van der Waals surface area contributed by atoms with Crippen LogP contribution in [0.1, 0.15) is 5.69 Å². The van der Waals surface area contributed by atoms with Crippen molar-refractivity contribution in [2.75, 3.05) is 5.73 Å². The molecule has 0 amide bonds. The zero-order valence-corrected chi connectivity index (χ0v) is 13.4. The number of ether oxygens (including phenoxy) is 1. The Balaban J connectivity index is 2.21. The molecule has 0 atom stereocenters. The fourth-order valence-electron chi connectivity index (χ4n) is 2.70. The molecule has 2 N–H and O–H groups in total. The van der Waals surface area contributed by atoms with Gasteiger partial charge in [-0.05, 0) is 48.7 Å². The molecule has 0 aliphatic carbocycles. The maximum Gasteiger partial charge on any atom is 0.573 e. The van der Waals surface area contributed by atoms with E-state index in [1.165, 1.54) is 18.2 Å². The molecule has 0 saturated heterocycles. The van der Waals surface area contributed by atoms with Crippen molar-refractivity contribution < 1.29 is 22.8 Å². The molecular weight excluding hydrogens is 351 g/mol. The summed E-state index contributed by atoms with van der Waals surface area (Å²) in [5.41, 5.74) is 6.70. The number of alkyl halides is 3. The molecule has 0 bridgehead atoms. The van der Waals surface area contributed by atoms with E-state index in [1.807, 2.05) is 0 Å². The molecule has 0 radical (unpaired) electrons. The summed E-state index contributed by atoms with van der Waals surface area (Å²) in [6.07, 6.45) is -4.80. The molecule has 0 fully saturated rings. The Morgan fingerprint density at radius 1 is 1.15 bits per heavy atom. The van der Waals surface area contributed by atoms with Gasteiger partial charge >= 0.3 is 12.0 Å². The van der Waals surface area contributed by atoms with E-state index >= 15 is 0 Å². The number of rotatable bonds is 3. The minimum atomic E-state index is -4.80. The summed E-state index contributed by atoms with van der Waals surface area (Å²) in [4.78, 5) is 15.2. The van der Waals surface area contributed by atoms with Crippen LogP contribution in [0.25, 0.3) is 22.0 Å². The van der Waals surface area contributed by atoms with E-state index in [9.17, 15) is 23.3 Å². The fraction of sp³-hybridized carbons (Fsp3) is 0.118. The van der Waals surface area contributed by atoms with E-state index in [2.05, 4.69) is 9.72 Å². The van der Waals surface area contributed by atoms with Gasteiger partial charge in [-0.25, -0.2) is 0 Å². The molecule has 0 spiro atoms. The lowest BCUT2D eigenvalue weighted by Crippen LogP contribution is -2.16. The Bertz CT molecular complexity index is 1000. The third-order valence-electron chi connectivity index (χ3n) is 3.67. The molecule has 2 aromatic carbocycles. The summed E-state index contributed by atoms with van der Waals surface area (Å²) < 4.78 is 40.7. The summed E-state index contributed by atoms with van der Waals surface area (Å²) in [5.74, 6) is -0.396. The number of hydrogen-bond acceptors (Lipinski definition) is 5. The van der Waals surface area contributed by atoms with Crippen molar-refractivity contribution in [3.63, 3.8) is 0 Å². The zero-order chi connectivity index (χ0) is 19.1. The molecule has 26 heavy (non-hydrogen) atoms. The van der Waals surface area contributed by atoms with E-state index in [-0.39, 0.29) is 22.5 Å². The van der Waals surface area contributed by atoms with Crippen molar-refractivity contribution in [2.24, 2.45) is 0 Å². The summed E-state index contributed by atoms with van der Waals surface area (Å²) in [5, 5.41) is 12.3. The van der Waals surface area contributed by atoms with E-state index in [0.717, 1.165) is 12.1 Å². The standard InChI is InChI=1S/C17H12F3N3O3/c1-9-8-11-4-7-13(21)16(23(24)25)14(11)15(22-9)10-2-5-12(6-3-10)26-17(18,19)20/h2-8H,21H2,1H3. The minimum absolute atomic E-state index is 0.0218. The van der Waals surface area contributed by atoms with Gasteiger partial charge in [0.2, 0.25) is 0 Å². The highest BCUT2D eigenvalue weighted by Crippen LogP contribution is 2.38. The Morgan fingerprint density at radius 2 is 1.81 bits per heavy atom. The number of halogens is 3. The number of benzene rings is 2. The number of nitrogens with two attached hydrogens (primary N) is 1. The number of nitrogen functional groups attached to an aromatic ring is 1. The van der Waals surface area contributed by atoms with Crippen LogP contribution in [0.15, 0.2) is 42.5 Å². The van der Waals surface area contributed by atoms with Gasteiger partial charge in [0, 0.05) is 11.3 Å². The SMILES string of the molecule is Cc1cc2ccc(N)c([N+](=O)[O-])c2c(-c2ccc(OC(F)(F)F)cc2)n1. The first kappa shape index (κ1) is 17.5. The number of aromatic nitrogens is 1. The molecule has 0 unspecified atom stereocenters. The Labute approximate surface area is 145 Å². The van der Waals surface area contributed by atoms with E-state index in [4.69, 9.17) is 5.73 Å². The number of hydrogen-bond donors (Lipinski definition) is 1. The van der Waals surface area contributed by atoms with Crippen molar-refractivity contribution in [1.82, 2.24) is 4.98 Å². The molecule has 0 aliphatic rings. The number of anilines is 1. The molecule has 134 valence electrons. The molecule has 0 aliphatic heterocycles. The third kappa shape index (κ3) is 3.37. The van der Waals surface area contributed by atoms with Crippen molar-refractivity contribution in [3.05, 3.63) is 58.3 Å². The van der Waals surface area contributed by atoms with Crippen molar-refractivity contribution in [3.8, 4) is 17.0 Å². The van der Waals surface area contributed by atoms with E-state index in [1.54, 1.807) is 19.1 Å². The number of aryl methyl sites for hydroxylation is 1. The highest BCUT2D eigenvalue weighted by Gasteiger charge is 2.31. The molecule has 1 heterocycles. The summed E-state index contributed by atoms with van der Waals surface area (Å²) in [6.45, 7) is 1.71. The second-order valence-electron chi connectivity index (χ2n) is 5.54. The molecule has 9 heteroatoms. The average Bonchev–Trinajstić information content (AvgIpc) is 2.53. The molecule has 3 aromatic rings. The quantitative estimate of drug-likeness (QED) is 0.417. The van der Waals surface area contributed by atoms with Crippen LogP contribution in [0, 0.1) is 17.0 Å². The lowest BCUT2D eigenvalue weighted by molar-refractivity contribution is -0.382. The number of nitrogens with zero attached hydrogens (tertiary/aromatic N) is 2. The van der Waals surface area contributed by atoms with E-state index in [0.29, 0.717) is 16.6 Å². The van der Waals surface area contributed by atoms with Gasteiger partial charge in [-0.3, -0.25) is 15.1 Å². The van der Waals surface area contributed by atoms with Gasteiger partial charge in [0.05, 0.1) is 16.0 Å². The largest absolute Gasteiger partial charge is 0.573 e. The summed E-state index contributed by atoms with van der Waals surface area (Å²) >= 11 is 0. The van der Waals surface area contributed by atoms with Crippen LogP contribution in [-0.2, 0) is 0 Å². The third-order valence-corrected chi connectivity index (χ3v) is 3.67. The highest BCUT2D eigenvalue weighted by molar-refractivity contribution is 6.04. The number of pyridine rings is 1. The van der Waals surface area contributed by atoms with Gasteiger partial charge in [-0.2, -0.15) is 0 Å². The summed E-state index contributed by atoms with van der Waals surface area (Å²) in [7, 11) is 0. The van der Waals surface area contributed by atoms with Crippen molar-refractivity contribution in [1.29, 1.82) is 0 Å². The first-order valence-corrected chi connectivity index (χ1v) is 7.36. The molecule has 0 saturated carbocycles. The first-order chi connectivity index (χ1) is 12.2. The maximum absolute atomic E-state index is 12.3. The van der Waals surface area contributed by atoms with Gasteiger partial charge in [-0.15, -0.1) is 13.2 Å². The first-order valence-electron chi connectivity index (χ1n) is 7.36.